The number of hydrogen-bond donors (Lipinski definition) is 1. The highest BCUT2D eigenvalue weighted by Crippen LogP contribution is 2.43. The van der Waals surface area contributed by atoms with Crippen molar-refractivity contribution < 1.29 is 85.9 Å². The van der Waals surface area contributed by atoms with Gasteiger partial charge in [-0.05, 0) is 52.1 Å². The molecule has 0 aliphatic carbocycles. The Hall–Kier alpha value is -8.88. The van der Waals surface area contributed by atoms with E-state index in [0.717, 1.165) is 20.9 Å². The van der Waals surface area contributed by atoms with Crippen molar-refractivity contribution in [3.05, 3.63) is 261 Å². The summed E-state index contributed by atoms with van der Waals surface area (Å²) >= 11 is 0. The molecule has 0 radical (unpaired) electrons. The molecule has 1 N–H and O–H groups in total. The van der Waals surface area contributed by atoms with Gasteiger partial charge < -0.3 is 61.9 Å². The monoisotopic (exact) mass is 1280 g/mol. The maximum absolute atomic E-state index is 15.5. The molecule has 16 atom stereocenters. The second-order valence-corrected chi connectivity index (χ2v) is 23.4. The summed E-state index contributed by atoms with van der Waals surface area (Å²) in [6.45, 7) is 0.161. The summed E-state index contributed by atoms with van der Waals surface area (Å²) in [5, 5.41) is 16.7. The van der Waals surface area contributed by atoms with Crippen molar-refractivity contribution in [2.24, 2.45) is 5.11 Å². The van der Waals surface area contributed by atoms with Gasteiger partial charge in [-0.15, -0.1) is 0 Å². The number of carbonyl (C=O) groups excluding carboxylic acids is 5. The molecule has 7 aromatic rings. The van der Waals surface area contributed by atoms with Crippen LogP contribution in [0.4, 0.5) is 0 Å². The fourth-order valence-corrected chi connectivity index (χ4v) is 12.9. The van der Waals surface area contributed by atoms with Crippen LogP contribution < -0.4 is 0 Å². The zero-order valence-corrected chi connectivity index (χ0v) is 50.9. The highest BCUT2D eigenvalue weighted by molar-refractivity contribution is 6.22. The summed E-state index contributed by atoms with van der Waals surface area (Å²) in [4.78, 5) is 78.9. The van der Waals surface area contributed by atoms with Gasteiger partial charge in [-0.3, -0.25) is 33.8 Å². The molecule has 94 heavy (non-hydrogen) atoms. The molecule has 4 fully saturated rings. The van der Waals surface area contributed by atoms with Gasteiger partial charge in [0.05, 0.1) is 68.5 Å². The lowest BCUT2D eigenvalue weighted by molar-refractivity contribution is -0.388. The standard InChI is InChI=1S/C71H67N5O18/c1-42(77)88-63-57(78)71(91-54-41-87-69(92-60(54)63)47-29-15-6-16-30-47)94-59-53(40-84-36-44-23-9-3-10-24-44)90-70(56(62(59)86-38-46-27-13-5-14-28-46)76-67(81)50-33-19-20-34-51(50)68(76)82)93-58-52(39-83-35-43-21-7-2-8-22-43)89-64(73-74-72)55(61(58)85-37-45-25-11-4-12-26-45)75-65(79)48-31-17-18-32-49(48)66(75)80/h2-34,52-64,69-71,78H,35-41H2,1H3/t52-,53-,54-,55-,56-,57+,58-,59-,60-,61-,62-,63-,64-,69-,70+,71+/m1/s1. The molecule has 23 heteroatoms. The first-order valence-corrected chi connectivity index (χ1v) is 31.0. The second-order valence-electron chi connectivity index (χ2n) is 23.4. The molecule has 0 unspecified atom stereocenters. The Balaban J connectivity index is 0.950. The van der Waals surface area contributed by atoms with Crippen molar-refractivity contribution >= 4 is 29.6 Å². The Morgan fingerprint density at radius 2 is 0.926 bits per heavy atom. The van der Waals surface area contributed by atoms with Gasteiger partial charge in [-0.2, -0.15) is 0 Å². The van der Waals surface area contributed by atoms with Crippen LogP contribution in [-0.4, -0.2) is 156 Å². The summed E-state index contributed by atoms with van der Waals surface area (Å²) in [7, 11) is 0. The Bertz CT molecular complexity index is 3770. The predicted molar refractivity (Wildman–Crippen MR) is 330 cm³/mol. The number of esters is 1. The fraction of sp³-hybridized carbons (Fsp3) is 0.338. The highest BCUT2D eigenvalue weighted by atomic mass is 16.8. The number of aliphatic hydroxyl groups excluding tert-OH is 1. The van der Waals surface area contributed by atoms with Gasteiger partial charge >= 0.3 is 5.97 Å². The number of azide groups is 1. The van der Waals surface area contributed by atoms with E-state index in [1.807, 2.05) is 152 Å². The third-order valence-corrected chi connectivity index (χ3v) is 17.3. The second kappa shape index (κ2) is 29.2. The van der Waals surface area contributed by atoms with E-state index in [2.05, 4.69) is 10.0 Å². The van der Waals surface area contributed by atoms with E-state index >= 15 is 9.59 Å². The van der Waals surface area contributed by atoms with Crippen LogP contribution >= 0.6 is 0 Å². The quantitative estimate of drug-likeness (QED) is 0.0206. The number of aliphatic hydroxyl groups is 1. The van der Waals surface area contributed by atoms with Crippen molar-refractivity contribution in [2.75, 3.05) is 19.8 Å². The molecule has 0 bridgehead atoms. The van der Waals surface area contributed by atoms with Crippen molar-refractivity contribution in [3.63, 3.8) is 0 Å². The molecule has 4 amide bonds. The van der Waals surface area contributed by atoms with Gasteiger partial charge in [0.2, 0.25) is 0 Å². The summed E-state index contributed by atoms with van der Waals surface area (Å²) in [5.41, 5.74) is 14.1. The lowest BCUT2D eigenvalue weighted by Crippen LogP contribution is -2.71. The van der Waals surface area contributed by atoms with Gasteiger partial charge in [0, 0.05) is 17.4 Å². The van der Waals surface area contributed by atoms with E-state index in [1.54, 1.807) is 24.3 Å². The van der Waals surface area contributed by atoms with E-state index in [1.165, 1.54) is 31.2 Å². The molecule has 4 saturated heterocycles. The van der Waals surface area contributed by atoms with Gasteiger partial charge in [-0.1, -0.05) is 181 Å². The van der Waals surface area contributed by atoms with Crippen LogP contribution in [0.2, 0.25) is 0 Å². The first-order chi connectivity index (χ1) is 46.0. The van der Waals surface area contributed by atoms with Crippen molar-refractivity contribution in [3.8, 4) is 0 Å². The molecule has 13 rings (SSSR count). The van der Waals surface area contributed by atoms with Gasteiger partial charge in [0.25, 0.3) is 23.6 Å². The summed E-state index contributed by atoms with van der Waals surface area (Å²) < 4.78 is 81.1. The molecule has 0 aromatic heterocycles. The van der Waals surface area contributed by atoms with Crippen LogP contribution in [0, 0.1) is 0 Å². The largest absolute Gasteiger partial charge is 0.457 e. The van der Waals surface area contributed by atoms with E-state index in [0.29, 0.717) is 16.7 Å². The molecular weight excluding hydrogens is 1210 g/mol. The number of hydrogen-bond acceptors (Lipinski definition) is 19. The van der Waals surface area contributed by atoms with E-state index < -0.39 is 128 Å². The molecule has 7 aromatic carbocycles. The van der Waals surface area contributed by atoms with E-state index in [4.69, 9.17) is 56.8 Å². The Labute approximate surface area is 540 Å². The molecule has 0 spiro atoms. The van der Waals surface area contributed by atoms with E-state index in [9.17, 15) is 25.0 Å². The number of nitrogens with zero attached hydrogens (tertiary/aromatic N) is 5. The average molecular weight is 1280 g/mol. The molecule has 6 aliphatic heterocycles. The number of benzene rings is 7. The molecule has 484 valence electrons. The minimum absolute atomic E-state index is 0.0316. The summed E-state index contributed by atoms with van der Waals surface area (Å²) in [5.74, 6) is -3.75. The van der Waals surface area contributed by atoms with Crippen LogP contribution in [-0.2, 0) is 88.1 Å². The zero-order valence-electron chi connectivity index (χ0n) is 50.9. The Kier molecular flexibility index (Phi) is 19.8. The predicted octanol–water partition coefficient (Wildman–Crippen LogP) is 8.58. The van der Waals surface area contributed by atoms with Crippen LogP contribution in [0.25, 0.3) is 10.4 Å². The molecule has 0 saturated carbocycles. The minimum Gasteiger partial charge on any atom is -0.457 e. The maximum atomic E-state index is 15.5. The lowest BCUT2D eigenvalue weighted by atomic mass is 9.92. The molecule has 6 aliphatic rings. The third-order valence-electron chi connectivity index (χ3n) is 17.3. The highest BCUT2D eigenvalue weighted by Gasteiger charge is 2.62. The number of amides is 4. The number of fused-ring (bicyclic) bond motifs is 3. The number of carbonyl (C=O) groups is 5. The van der Waals surface area contributed by atoms with Gasteiger partial charge in [-0.25, -0.2) is 0 Å². The topological polar surface area (TPSA) is 272 Å². The van der Waals surface area contributed by atoms with Gasteiger partial charge in [0.1, 0.15) is 67.0 Å². The van der Waals surface area contributed by atoms with Crippen molar-refractivity contribution in [1.29, 1.82) is 0 Å². The van der Waals surface area contributed by atoms with Crippen molar-refractivity contribution in [2.45, 2.75) is 132 Å². The first-order valence-electron chi connectivity index (χ1n) is 31.0. The lowest BCUT2D eigenvalue weighted by Gasteiger charge is -2.53. The smallest absolute Gasteiger partial charge is 0.303 e. The van der Waals surface area contributed by atoms with Crippen LogP contribution in [0.1, 0.15) is 82.5 Å². The Morgan fingerprint density at radius 1 is 0.511 bits per heavy atom. The third kappa shape index (κ3) is 13.6. The molecule has 6 heterocycles. The summed E-state index contributed by atoms with van der Waals surface area (Å²) in [6, 6.07) is 55.1. The number of rotatable bonds is 23. The normalized spacial score (nSPS) is 28.9. The molecular formula is C71H67N5O18. The number of imide groups is 2. The summed E-state index contributed by atoms with van der Waals surface area (Å²) in [6.07, 6.45) is -20.2. The van der Waals surface area contributed by atoms with Crippen LogP contribution in [0.3, 0.4) is 0 Å². The minimum atomic E-state index is -1.83. The van der Waals surface area contributed by atoms with Crippen LogP contribution in [0.5, 0.6) is 0 Å². The maximum Gasteiger partial charge on any atom is 0.303 e. The average Bonchev–Trinajstić information content (AvgIpc) is 1.45. The fourth-order valence-electron chi connectivity index (χ4n) is 12.9. The van der Waals surface area contributed by atoms with Gasteiger partial charge in [0.15, 0.2) is 31.2 Å². The van der Waals surface area contributed by atoms with Crippen molar-refractivity contribution in [1.82, 2.24) is 9.80 Å². The van der Waals surface area contributed by atoms with Crippen LogP contribution in [0.15, 0.2) is 205 Å². The number of ether oxygens (including phenoxy) is 12. The first kappa shape index (κ1) is 63.9. The van der Waals surface area contributed by atoms with E-state index in [-0.39, 0.29) is 68.5 Å². The zero-order chi connectivity index (χ0) is 64.7. The SMILES string of the molecule is CC(=O)O[C@@H]1[C@H](O)[C@H](O[C@H]2[C@H](OCc3ccccc3)[C@@H](N3C(=O)c4ccccc4C3=O)[C@H](O[C@H]3[C@H](OCc4ccccc4)[C@@H](N4C(=O)c5ccccc5C4=O)[C@H](N=[N+]=[N-])O[C@@H]3COCc3ccccc3)O[C@@H]2COCc2ccccc2)O[C@@H]2CO[C@@H](c3ccccc3)O[C@@H]12. The molecule has 23 nitrogen and oxygen atoms in total. The Morgan fingerprint density at radius 3 is 1.39 bits per heavy atom.